The summed E-state index contributed by atoms with van der Waals surface area (Å²) in [5.74, 6) is 0.812. The van der Waals surface area contributed by atoms with E-state index in [1.807, 2.05) is 0 Å². The number of piperazine rings is 1. The quantitative estimate of drug-likeness (QED) is 0.714. The summed E-state index contributed by atoms with van der Waals surface area (Å²) in [6.45, 7) is 16.4. The van der Waals surface area contributed by atoms with Crippen LogP contribution in [0.2, 0.25) is 0 Å². The van der Waals surface area contributed by atoms with Crippen LogP contribution in [-0.4, -0.2) is 73.6 Å². The Bertz CT molecular complexity index is 216. The van der Waals surface area contributed by atoms with Crippen LogP contribution in [0.4, 0.5) is 0 Å². The predicted octanol–water partition coefficient (Wildman–Crippen LogP) is 1.75. The van der Waals surface area contributed by atoms with Crippen molar-refractivity contribution in [2.45, 2.75) is 33.1 Å². The summed E-state index contributed by atoms with van der Waals surface area (Å²) >= 11 is 0. The van der Waals surface area contributed by atoms with Crippen molar-refractivity contribution >= 4 is 0 Å². The van der Waals surface area contributed by atoms with Crippen molar-refractivity contribution in [1.29, 1.82) is 0 Å². The SMILES string of the molecule is CC(C)CN1CCN(CCCN2CCCC2)CC1. The highest BCUT2D eigenvalue weighted by Crippen LogP contribution is 2.09. The molecule has 0 unspecified atom stereocenters. The van der Waals surface area contributed by atoms with Crippen LogP contribution in [0, 0.1) is 5.92 Å². The third-order valence-electron chi connectivity index (χ3n) is 4.24. The van der Waals surface area contributed by atoms with E-state index in [4.69, 9.17) is 0 Å². The molecule has 0 aliphatic carbocycles. The van der Waals surface area contributed by atoms with E-state index in [2.05, 4.69) is 28.5 Å². The van der Waals surface area contributed by atoms with Crippen molar-refractivity contribution in [1.82, 2.24) is 14.7 Å². The molecule has 3 heteroatoms. The molecule has 0 aromatic carbocycles. The fourth-order valence-electron chi connectivity index (χ4n) is 3.24. The van der Waals surface area contributed by atoms with Gasteiger partial charge < -0.3 is 14.7 Å². The van der Waals surface area contributed by atoms with Gasteiger partial charge in [0, 0.05) is 32.7 Å². The van der Waals surface area contributed by atoms with E-state index in [1.165, 1.54) is 78.2 Å². The fourth-order valence-corrected chi connectivity index (χ4v) is 3.24. The van der Waals surface area contributed by atoms with E-state index >= 15 is 0 Å². The van der Waals surface area contributed by atoms with E-state index in [1.54, 1.807) is 0 Å². The van der Waals surface area contributed by atoms with Gasteiger partial charge in [-0.05, 0) is 51.4 Å². The van der Waals surface area contributed by atoms with Gasteiger partial charge in [0.05, 0.1) is 0 Å². The van der Waals surface area contributed by atoms with Crippen molar-refractivity contribution < 1.29 is 0 Å². The highest BCUT2D eigenvalue weighted by molar-refractivity contribution is 4.73. The molecule has 2 rings (SSSR count). The molecule has 0 aromatic rings. The molecule has 0 bridgehead atoms. The first-order valence-corrected chi connectivity index (χ1v) is 7.91. The summed E-state index contributed by atoms with van der Waals surface area (Å²) in [5.41, 5.74) is 0. The van der Waals surface area contributed by atoms with Gasteiger partial charge in [0.25, 0.3) is 0 Å². The summed E-state index contributed by atoms with van der Waals surface area (Å²) in [5, 5.41) is 0. The monoisotopic (exact) mass is 253 g/mol. The molecule has 0 radical (unpaired) electrons. The Morgan fingerprint density at radius 1 is 0.722 bits per heavy atom. The lowest BCUT2D eigenvalue weighted by molar-refractivity contribution is 0.118. The lowest BCUT2D eigenvalue weighted by atomic mass is 10.2. The Kier molecular flexibility index (Phi) is 5.93. The zero-order valence-electron chi connectivity index (χ0n) is 12.4. The third-order valence-corrected chi connectivity index (χ3v) is 4.24. The molecule has 106 valence electrons. The molecule has 0 N–H and O–H groups in total. The molecule has 0 saturated carbocycles. The Labute approximate surface area is 113 Å². The third kappa shape index (κ3) is 4.87. The second-order valence-electron chi connectivity index (χ2n) is 6.44. The summed E-state index contributed by atoms with van der Waals surface area (Å²) in [4.78, 5) is 7.92. The van der Waals surface area contributed by atoms with Gasteiger partial charge in [-0.3, -0.25) is 0 Å². The highest BCUT2D eigenvalue weighted by atomic mass is 15.3. The van der Waals surface area contributed by atoms with Crippen molar-refractivity contribution in [3.05, 3.63) is 0 Å². The first-order valence-electron chi connectivity index (χ1n) is 7.91. The zero-order chi connectivity index (χ0) is 12.8. The number of likely N-dealkylation sites (tertiary alicyclic amines) is 1. The average molecular weight is 253 g/mol. The van der Waals surface area contributed by atoms with E-state index < -0.39 is 0 Å². The van der Waals surface area contributed by atoms with Gasteiger partial charge in [0.1, 0.15) is 0 Å². The van der Waals surface area contributed by atoms with E-state index in [0.717, 1.165) is 5.92 Å². The fraction of sp³-hybridized carbons (Fsp3) is 1.00. The Morgan fingerprint density at radius 2 is 1.22 bits per heavy atom. The molecule has 0 spiro atoms. The molecule has 2 aliphatic heterocycles. The number of rotatable bonds is 6. The average Bonchev–Trinajstić information content (AvgIpc) is 2.84. The minimum Gasteiger partial charge on any atom is -0.303 e. The molecule has 2 heterocycles. The van der Waals surface area contributed by atoms with Crippen LogP contribution in [0.25, 0.3) is 0 Å². The molecular weight excluding hydrogens is 222 g/mol. The Hall–Kier alpha value is -0.120. The Balaban J connectivity index is 1.53. The maximum Gasteiger partial charge on any atom is 0.0110 e. The van der Waals surface area contributed by atoms with Crippen molar-refractivity contribution in [3.63, 3.8) is 0 Å². The van der Waals surface area contributed by atoms with Crippen molar-refractivity contribution in [3.8, 4) is 0 Å². The smallest absolute Gasteiger partial charge is 0.0110 e. The molecule has 2 fully saturated rings. The van der Waals surface area contributed by atoms with E-state index in [-0.39, 0.29) is 0 Å². The second kappa shape index (κ2) is 7.46. The zero-order valence-corrected chi connectivity index (χ0v) is 12.4. The standard InChI is InChI=1S/C15H31N3/c1-15(2)14-18-12-10-17(11-13-18)9-5-8-16-6-3-4-7-16/h15H,3-14H2,1-2H3. The largest absolute Gasteiger partial charge is 0.303 e. The van der Waals surface area contributed by atoms with Crippen LogP contribution in [-0.2, 0) is 0 Å². The lowest BCUT2D eigenvalue weighted by Crippen LogP contribution is -2.47. The number of hydrogen-bond acceptors (Lipinski definition) is 3. The Morgan fingerprint density at radius 3 is 1.78 bits per heavy atom. The van der Waals surface area contributed by atoms with E-state index in [9.17, 15) is 0 Å². The summed E-state index contributed by atoms with van der Waals surface area (Å²) in [6, 6.07) is 0. The summed E-state index contributed by atoms with van der Waals surface area (Å²) in [7, 11) is 0. The van der Waals surface area contributed by atoms with Gasteiger partial charge >= 0.3 is 0 Å². The van der Waals surface area contributed by atoms with Gasteiger partial charge in [-0.1, -0.05) is 13.8 Å². The first-order chi connectivity index (χ1) is 8.74. The first kappa shape index (κ1) is 14.3. The molecule has 3 nitrogen and oxygen atoms in total. The van der Waals surface area contributed by atoms with Crippen LogP contribution in [0.15, 0.2) is 0 Å². The van der Waals surface area contributed by atoms with Crippen LogP contribution in [0.1, 0.15) is 33.1 Å². The van der Waals surface area contributed by atoms with Gasteiger partial charge in [0.2, 0.25) is 0 Å². The topological polar surface area (TPSA) is 9.72 Å². The van der Waals surface area contributed by atoms with Gasteiger partial charge in [-0.25, -0.2) is 0 Å². The molecular formula is C15H31N3. The summed E-state index contributed by atoms with van der Waals surface area (Å²) < 4.78 is 0. The summed E-state index contributed by atoms with van der Waals surface area (Å²) in [6.07, 6.45) is 4.21. The molecule has 0 atom stereocenters. The maximum absolute atomic E-state index is 2.66. The van der Waals surface area contributed by atoms with E-state index in [0.29, 0.717) is 0 Å². The van der Waals surface area contributed by atoms with Crippen molar-refractivity contribution in [2.75, 3.05) is 58.9 Å². The van der Waals surface area contributed by atoms with Crippen LogP contribution in [0.3, 0.4) is 0 Å². The van der Waals surface area contributed by atoms with Crippen LogP contribution in [0.5, 0.6) is 0 Å². The molecule has 0 amide bonds. The lowest BCUT2D eigenvalue weighted by Gasteiger charge is -2.35. The number of nitrogens with zero attached hydrogens (tertiary/aromatic N) is 3. The van der Waals surface area contributed by atoms with Gasteiger partial charge in [0.15, 0.2) is 0 Å². The predicted molar refractivity (Wildman–Crippen MR) is 78.0 cm³/mol. The van der Waals surface area contributed by atoms with Gasteiger partial charge in [-0.2, -0.15) is 0 Å². The maximum atomic E-state index is 2.66. The highest BCUT2D eigenvalue weighted by Gasteiger charge is 2.17. The van der Waals surface area contributed by atoms with Crippen molar-refractivity contribution in [2.24, 2.45) is 5.92 Å². The second-order valence-corrected chi connectivity index (χ2v) is 6.44. The molecule has 2 aliphatic rings. The normalized spacial score (nSPS) is 24.2. The molecule has 18 heavy (non-hydrogen) atoms. The van der Waals surface area contributed by atoms with Gasteiger partial charge in [-0.15, -0.1) is 0 Å². The van der Waals surface area contributed by atoms with Crippen LogP contribution < -0.4 is 0 Å². The number of hydrogen-bond donors (Lipinski definition) is 0. The molecule has 2 saturated heterocycles. The minimum absolute atomic E-state index is 0.812. The molecule has 0 aromatic heterocycles. The minimum atomic E-state index is 0.812. The van der Waals surface area contributed by atoms with Crippen LogP contribution >= 0.6 is 0 Å².